The third-order valence-corrected chi connectivity index (χ3v) is 5.13. The molecule has 2 N–H and O–H groups in total. The van der Waals surface area contributed by atoms with Crippen molar-refractivity contribution in [3.8, 4) is 0 Å². The Balaban J connectivity index is 1.77. The molecule has 3 aliphatic rings. The van der Waals surface area contributed by atoms with Crippen LogP contribution in [0.2, 0.25) is 0 Å². The summed E-state index contributed by atoms with van der Waals surface area (Å²) < 4.78 is 5.47. The predicted molar refractivity (Wildman–Crippen MR) is 85.2 cm³/mol. The van der Waals surface area contributed by atoms with Crippen LogP contribution in [-0.2, 0) is 19.1 Å². The summed E-state index contributed by atoms with van der Waals surface area (Å²) in [6.07, 6.45) is 7.30. The zero-order valence-corrected chi connectivity index (χ0v) is 13.7. The van der Waals surface area contributed by atoms with Gasteiger partial charge in [0.05, 0.1) is 6.61 Å². The summed E-state index contributed by atoms with van der Waals surface area (Å²) in [7, 11) is 0. The summed E-state index contributed by atoms with van der Waals surface area (Å²) >= 11 is 0. The van der Waals surface area contributed by atoms with Crippen LogP contribution >= 0.6 is 0 Å². The van der Waals surface area contributed by atoms with E-state index < -0.39 is 17.6 Å². The van der Waals surface area contributed by atoms with Gasteiger partial charge in [0.2, 0.25) is 11.8 Å². The van der Waals surface area contributed by atoms with E-state index in [-0.39, 0.29) is 17.7 Å². The van der Waals surface area contributed by atoms with Crippen LogP contribution in [0.25, 0.3) is 0 Å². The molecular weight excluding hydrogens is 312 g/mol. The van der Waals surface area contributed by atoms with Crippen LogP contribution in [0, 0.1) is 5.92 Å². The Morgan fingerprint density at radius 2 is 2.17 bits per heavy atom. The van der Waals surface area contributed by atoms with Crippen LogP contribution in [-0.4, -0.2) is 59.1 Å². The van der Waals surface area contributed by atoms with Crippen LogP contribution in [0.3, 0.4) is 0 Å². The summed E-state index contributed by atoms with van der Waals surface area (Å²) in [5.41, 5.74) is -1.23. The SMILES string of the molecule is O=C1N[C@]2(C(=O)O)C[C@H]2/C=C\COCCCCC(=O)N2CCC[C@@H]12. The summed E-state index contributed by atoms with van der Waals surface area (Å²) in [5.74, 6) is -1.62. The van der Waals surface area contributed by atoms with Gasteiger partial charge in [0, 0.05) is 25.5 Å². The largest absolute Gasteiger partial charge is 0.479 e. The second-order valence-corrected chi connectivity index (χ2v) is 6.78. The number of carboxylic acids is 1. The lowest BCUT2D eigenvalue weighted by Crippen LogP contribution is -2.53. The molecule has 3 rings (SSSR count). The molecule has 7 nitrogen and oxygen atoms in total. The van der Waals surface area contributed by atoms with Crippen molar-refractivity contribution in [2.24, 2.45) is 5.92 Å². The van der Waals surface area contributed by atoms with Gasteiger partial charge in [-0.1, -0.05) is 12.2 Å². The van der Waals surface area contributed by atoms with Crippen molar-refractivity contribution < 1.29 is 24.2 Å². The lowest BCUT2D eigenvalue weighted by atomic mass is 10.1. The van der Waals surface area contributed by atoms with Gasteiger partial charge in [-0.15, -0.1) is 0 Å². The standard InChI is InChI=1S/C17H24N2O5/c20-14-7-1-2-9-24-10-4-5-12-11-17(12,16(22)23)18-15(21)13-6-3-8-19(13)14/h4-5,12-13H,1-3,6-11H2,(H,18,21)(H,22,23)/b5-4-/t12-,13+,17-/m1/s1. The number of aliphatic carboxylic acids is 1. The van der Waals surface area contributed by atoms with Crippen molar-refractivity contribution in [2.45, 2.75) is 50.1 Å². The maximum atomic E-state index is 12.6. The molecule has 2 fully saturated rings. The van der Waals surface area contributed by atoms with E-state index in [1.807, 2.05) is 12.2 Å². The number of amides is 2. The summed E-state index contributed by atoms with van der Waals surface area (Å²) in [5, 5.41) is 12.2. The fourth-order valence-corrected chi connectivity index (χ4v) is 3.60. The number of carbonyl (C=O) groups excluding carboxylic acids is 2. The van der Waals surface area contributed by atoms with Crippen LogP contribution in [0.4, 0.5) is 0 Å². The highest BCUT2D eigenvalue weighted by atomic mass is 16.5. The zero-order valence-electron chi connectivity index (χ0n) is 13.7. The van der Waals surface area contributed by atoms with E-state index in [9.17, 15) is 19.5 Å². The normalized spacial score (nSPS) is 35.9. The maximum Gasteiger partial charge on any atom is 0.330 e. The Morgan fingerprint density at radius 3 is 2.96 bits per heavy atom. The molecule has 7 heteroatoms. The Hall–Kier alpha value is -1.89. The number of carboxylic acid groups (broad SMARTS) is 1. The van der Waals surface area contributed by atoms with Gasteiger partial charge in [-0.05, 0) is 32.1 Å². The average molecular weight is 336 g/mol. The van der Waals surface area contributed by atoms with E-state index in [0.717, 1.165) is 19.3 Å². The number of ether oxygens (including phenoxy) is 1. The van der Waals surface area contributed by atoms with Gasteiger partial charge in [0.15, 0.2) is 0 Å². The molecule has 0 aromatic carbocycles. The Morgan fingerprint density at radius 1 is 1.33 bits per heavy atom. The third-order valence-electron chi connectivity index (χ3n) is 5.13. The predicted octanol–water partition coefficient (Wildman–Crippen LogP) is 0.694. The highest BCUT2D eigenvalue weighted by Gasteiger charge is 2.61. The second-order valence-electron chi connectivity index (χ2n) is 6.78. The first-order valence-corrected chi connectivity index (χ1v) is 8.64. The van der Waals surface area contributed by atoms with Crippen LogP contribution in [0.5, 0.6) is 0 Å². The Kier molecular flexibility index (Phi) is 4.89. The maximum absolute atomic E-state index is 12.6. The van der Waals surface area contributed by atoms with Gasteiger partial charge in [-0.3, -0.25) is 9.59 Å². The molecule has 0 aromatic heterocycles. The molecule has 132 valence electrons. The Labute approximate surface area is 141 Å². The van der Waals surface area contributed by atoms with E-state index >= 15 is 0 Å². The number of nitrogens with one attached hydrogen (secondary N) is 1. The zero-order chi connectivity index (χ0) is 17.2. The van der Waals surface area contributed by atoms with Crippen molar-refractivity contribution in [3.05, 3.63) is 12.2 Å². The summed E-state index contributed by atoms with van der Waals surface area (Å²) in [6, 6.07) is -0.541. The number of hydrogen-bond acceptors (Lipinski definition) is 4. The first kappa shape index (κ1) is 17.0. The van der Waals surface area contributed by atoms with Gasteiger partial charge in [0.1, 0.15) is 11.6 Å². The van der Waals surface area contributed by atoms with Gasteiger partial charge < -0.3 is 20.1 Å². The van der Waals surface area contributed by atoms with E-state index in [4.69, 9.17) is 4.74 Å². The van der Waals surface area contributed by atoms with E-state index in [2.05, 4.69) is 5.32 Å². The molecule has 3 atom stereocenters. The molecule has 2 heterocycles. The van der Waals surface area contributed by atoms with Crippen molar-refractivity contribution in [2.75, 3.05) is 19.8 Å². The minimum atomic E-state index is -1.23. The summed E-state index contributed by atoms with van der Waals surface area (Å²) in [4.78, 5) is 38.2. The van der Waals surface area contributed by atoms with Crippen LogP contribution in [0.15, 0.2) is 12.2 Å². The number of hydrogen-bond donors (Lipinski definition) is 2. The summed E-state index contributed by atoms with van der Waals surface area (Å²) in [6.45, 7) is 1.56. The van der Waals surface area contributed by atoms with Gasteiger partial charge in [0.25, 0.3) is 0 Å². The molecule has 0 spiro atoms. The number of carbonyl (C=O) groups is 3. The highest BCUT2D eigenvalue weighted by Crippen LogP contribution is 2.45. The quantitative estimate of drug-likeness (QED) is 0.687. The van der Waals surface area contributed by atoms with E-state index in [1.165, 1.54) is 0 Å². The van der Waals surface area contributed by atoms with Gasteiger partial charge >= 0.3 is 5.97 Å². The lowest BCUT2D eigenvalue weighted by Gasteiger charge is -2.26. The molecule has 24 heavy (non-hydrogen) atoms. The molecule has 1 saturated carbocycles. The molecule has 0 unspecified atom stereocenters. The number of rotatable bonds is 1. The van der Waals surface area contributed by atoms with E-state index in [1.54, 1.807) is 4.90 Å². The molecule has 1 aliphatic carbocycles. The minimum Gasteiger partial charge on any atom is -0.479 e. The molecule has 2 amide bonds. The fourth-order valence-electron chi connectivity index (χ4n) is 3.60. The monoisotopic (exact) mass is 336 g/mol. The van der Waals surface area contributed by atoms with Crippen molar-refractivity contribution in [1.29, 1.82) is 0 Å². The molecule has 0 radical (unpaired) electrons. The molecule has 1 saturated heterocycles. The van der Waals surface area contributed by atoms with Gasteiger partial charge in [-0.25, -0.2) is 4.79 Å². The molecular formula is C17H24N2O5. The average Bonchev–Trinajstić information content (AvgIpc) is 3.02. The Bertz CT molecular complexity index is 561. The van der Waals surface area contributed by atoms with Crippen molar-refractivity contribution in [3.63, 3.8) is 0 Å². The van der Waals surface area contributed by atoms with Crippen LogP contribution < -0.4 is 5.32 Å². The smallest absolute Gasteiger partial charge is 0.330 e. The number of nitrogens with zero attached hydrogens (tertiary/aromatic N) is 1. The highest BCUT2D eigenvalue weighted by molar-refractivity contribution is 5.94. The first-order chi connectivity index (χ1) is 11.5. The fraction of sp³-hybridized carbons (Fsp3) is 0.706. The third kappa shape index (κ3) is 3.31. The van der Waals surface area contributed by atoms with Crippen molar-refractivity contribution in [1.82, 2.24) is 10.2 Å². The first-order valence-electron chi connectivity index (χ1n) is 8.64. The minimum absolute atomic E-state index is 0.0302. The lowest BCUT2D eigenvalue weighted by molar-refractivity contribution is -0.145. The second kappa shape index (κ2) is 6.93. The van der Waals surface area contributed by atoms with Crippen LogP contribution in [0.1, 0.15) is 38.5 Å². The van der Waals surface area contributed by atoms with Gasteiger partial charge in [-0.2, -0.15) is 0 Å². The topological polar surface area (TPSA) is 95.9 Å². The number of fused-ring (bicyclic) bond motifs is 2. The molecule has 0 aromatic rings. The molecule has 0 bridgehead atoms. The van der Waals surface area contributed by atoms with E-state index in [0.29, 0.717) is 39.0 Å². The van der Waals surface area contributed by atoms with Crippen molar-refractivity contribution >= 4 is 17.8 Å². The molecule has 2 aliphatic heterocycles.